The molecular formula is C15H22N2OS. The maximum atomic E-state index is 11.0. The van der Waals surface area contributed by atoms with Gasteiger partial charge in [0, 0.05) is 42.7 Å². The number of hydrogen-bond acceptors (Lipinski definition) is 3. The number of amides is 1. The molecule has 1 fully saturated rings. The van der Waals surface area contributed by atoms with E-state index in [1.54, 1.807) is 0 Å². The number of nitrogens with zero attached hydrogens (tertiary/aromatic N) is 1. The third-order valence-corrected chi connectivity index (χ3v) is 4.40. The van der Waals surface area contributed by atoms with Gasteiger partial charge in [0.05, 0.1) is 0 Å². The van der Waals surface area contributed by atoms with Crippen LogP contribution in [0.15, 0.2) is 24.3 Å². The molecule has 104 valence electrons. The molecule has 3 nitrogen and oxygen atoms in total. The van der Waals surface area contributed by atoms with Gasteiger partial charge < -0.3 is 5.32 Å². The van der Waals surface area contributed by atoms with E-state index in [1.165, 1.54) is 12.5 Å². The Balaban J connectivity index is 1.93. The summed E-state index contributed by atoms with van der Waals surface area (Å²) in [7, 11) is 0. The van der Waals surface area contributed by atoms with E-state index in [-0.39, 0.29) is 5.91 Å². The van der Waals surface area contributed by atoms with Crippen LogP contribution in [-0.2, 0) is 11.3 Å². The van der Waals surface area contributed by atoms with Crippen molar-refractivity contribution in [2.45, 2.75) is 37.8 Å². The van der Waals surface area contributed by atoms with Crippen molar-refractivity contribution in [1.82, 2.24) is 4.90 Å². The fourth-order valence-corrected chi connectivity index (χ4v) is 3.96. The Bertz CT molecular complexity index is 422. The highest BCUT2D eigenvalue weighted by molar-refractivity contribution is 8.00. The summed E-state index contributed by atoms with van der Waals surface area (Å²) in [6.07, 6.45) is 0. The Labute approximate surface area is 119 Å². The summed E-state index contributed by atoms with van der Waals surface area (Å²) in [5, 5.41) is 4.21. The zero-order valence-electron chi connectivity index (χ0n) is 11.8. The molecule has 0 saturated carbocycles. The molecule has 1 aliphatic rings. The van der Waals surface area contributed by atoms with Crippen LogP contribution < -0.4 is 5.32 Å². The topological polar surface area (TPSA) is 32.3 Å². The Morgan fingerprint density at radius 2 is 1.84 bits per heavy atom. The molecule has 1 saturated heterocycles. The van der Waals surface area contributed by atoms with Gasteiger partial charge in [-0.1, -0.05) is 26.0 Å². The number of thioether (sulfide) groups is 1. The maximum Gasteiger partial charge on any atom is 0.221 e. The number of carbonyl (C=O) groups is 1. The molecule has 1 aromatic rings. The van der Waals surface area contributed by atoms with Crippen LogP contribution in [0, 0.1) is 0 Å². The monoisotopic (exact) mass is 278 g/mol. The van der Waals surface area contributed by atoms with E-state index < -0.39 is 0 Å². The van der Waals surface area contributed by atoms with Crippen molar-refractivity contribution in [1.29, 1.82) is 0 Å². The molecule has 1 N–H and O–H groups in total. The van der Waals surface area contributed by atoms with E-state index in [9.17, 15) is 4.79 Å². The lowest BCUT2D eigenvalue weighted by atomic mass is 10.2. The van der Waals surface area contributed by atoms with Crippen LogP contribution in [0.25, 0.3) is 0 Å². The fourth-order valence-electron chi connectivity index (χ4n) is 2.57. The average Bonchev–Trinajstić information content (AvgIpc) is 2.29. The summed E-state index contributed by atoms with van der Waals surface area (Å²) < 4.78 is 0. The van der Waals surface area contributed by atoms with Crippen molar-refractivity contribution in [2.75, 3.05) is 18.4 Å². The molecule has 1 aliphatic heterocycles. The zero-order chi connectivity index (χ0) is 13.8. The quantitative estimate of drug-likeness (QED) is 0.922. The lowest BCUT2D eigenvalue weighted by Gasteiger charge is -2.34. The summed E-state index contributed by atoms with van der Waals surface area (Å²) in [5.74, 6) is -0.0246. The van der Waals surface area contributed by atoms with Crippen LogP contribution in [-0.4, -0.2) is 34.4 Å². The minimum absolute atomic E-state index is 0.0246. The number of anilines is 1. The third-order valence-electron chi connectivity index (χ3n) is 3.18. The smallest absolute Gasteiger partial charge is 0.221 e. The van der Waals surface area contributed by atoms with Crippen LogP contribution in [0.3, 0.4) is 0 Å². The molecule has 2 rings (SSSR count). The van der Waals surface area contributed by atoms with Crippen LogP contribution in [0.2, 0.25) is 0 Å². The van der Waals surface area contributed by atoms with E-state index in [0.717, 1.165) is 25.3 Å². The Hall–Kier alpha value is -1.00. The molecule has 19 heavy (non-hydrogen) atoms. The van der Waals surface area contributed by atoms with Gasteiger partial charge in [0.1, 0.15) is 0 Å². The van der Waals surface area contributed by atoms with Gasteiger partial charge in [0.15, 0.2) is 0 Å². The first-order chi connectivity index (χ1) is 9.02. The van der Waals surface area contributed by atoms with Crippen molar-refractivity contribution in [3.8, 4) is 0 Å². The first-order valence-corrected chi connectivity index (χ1v) is 7.71. The van der Waals surface area contributed by atoms with Crippen LogP contribution in [0.5, 0.6) is 0 Å². The molecular weight excluding hydrogens is 256 g/mol. The predicted octanol–water partition coefficient (Wildman–Crippen LogP) is 2.97. The van der Waals surface area contributed by atoms with Gasteiger partial charge >= 0.3 is 0 Å². The number of nitrogens with one attached hydrogen (secondary N) is 1. The Kier molecular flexibility index (Phi) is 4.88. The molecule has 2 atom stereocenters. The largest absolute Gasteiger partial charge is 0.326 e. The maximum absolute atomic E-state index is 11.0. The minimum atomic E-state index is -0.0246. The van der Waals surface area contributed by atoms with Gasteiger partial charge in [-0.3, -0.25) is 9.69 Å². The highest BCUT2D eigenvalue weighted by atomic mass is 32.2. The second-order valence-corrected chi connectivity index (χ2v) is 7.21. The number of carbonyl (C=O) groups excluding carboxylic acids is 1. The van der Waals surface area contributed by atoms with Gasteiger partial charge in [-0.25, -0.2) is 0 Å². The van der Waals surface area contributed by atoms with E-state index >= 15 is 0 Å². The highest BCUT2D eigenvalue weighted by Gasteiger charge is 2.21. The summed E-state index contributed by atoms with van der Waals surface area (Å²) in [6, 6.07) is 8.15. The summed E-state index contributed by atoms with van der Waals surface area (Å²) in [4.78, 5) is 13.5. The summed E-state index contributed by atoms with van der Waals surface area (Å²) >= 11 is 2.08. The van der Waals surface area contributed by atoms with Gasteiger partial charge in [-0.2, -0.15) is 11.8 Å². The van der Waals surface area contributed by atoms with E-state index in [4.69, 9.17) is 0 Å². The highest BCUT2D eigenvalue weighted by Crippen LogP contribution is 2.25. The molecule has 0 radical (unpaired) electrons. The first-order valence-electron chi connectivity index (χ1n) is 6.77. The molecule has 1 aromatic carbocycles. The van der Waals surface area contributed by atoms with Crippen LogP contribution in [0.4, 0.5) is 5.69 Å². The van der Waals surface area contributed by atoms with Crippen molar-refractivity contribution in [2.24, 2.45) is 0 Å². The molecule has 0 bridgehead atoms. The molecule has 0 spiro atoms. The third kappa shape index (κ3) is 4.55. The van der Waals surface area contributed by atoms with Crippen molar-refractivity contribution >= 4 is 23.4 Å². The second kappa shape index (κ2) is 6.44. The van der Waals surface area contributed by atoms with E-state index in [1.807, 2.05) is 12.1 Å². The molecule has 0 unspecified atom stereocenters. The summed E-state index contributed by atoms with van der Waals surface area (Å²) in [5.41, 5.74) is 2.17. The number of rotatable bonds is 3. The lowest BCUT2D eigenvalue weighted by molar-refractivity contribution is -0.114. The predicted molar refractivity (Wildman–Crippen MR) is 82.5 cm³/mol. The van der Waals surface area contributed by atoms with Gasteiger partial charge in [0.25, 0.3) is 0 Å². The number of benzene rings is 1. The normalized spacial score (nSPS) is 24.2. The Morgan fingerprint density at radius 1 is 1.26 bits per heavy atom. The van der Waals surface area contributed by atoms with Crippen LogP contribution >= 0.6 is 11.8 Å². The average molecular weight is 278 g/mol. The lowest BCUT2D eigenvalue weighted by Crippen LogP contribution is -2.39. The summed E-state index contributed by atoms with van der Waals surface area (Å²) in [6.45, 7) is 9.43. The molecule has 4 heteroatoms. The SMILES string of the molecule is CC(=O)Nc1ccc(CN2C[C@@H](C)S[C@@H](C)C2)cc1. The van der Waals surface area contributed by atoms with Crippen molar-refractivity contribution in [3.63, 3.8) is 0 Å². The second-order valence-electron chi connectivity index (χ2n) is 5.33. The molecule has 0 aromatic heterocycles. The zero-order valence-corrected chi connectivity index (χ0v) is 12.7. The number of hydrogen-bond donors (Lipinski definition) is 1. The van der Waals surface area contributed by atoms with Crippen LogP contribution in [0.1, 0.15) is 26.3 Å². The van der Waals surface area contributed by atoms with Crippen molar-refractivity contribution in [3.05, 3.63) is 29.8 Å². The van der Waals surface area contributed by atoms with Gasteiger partial charge in [-0.05, 0) is 17.7 Å². The molecule has 0 aliphatic carbocycles. The van der Waals surface area contributed by atoms with Gasteiger partial charge in [-0.15, -0.1) is 0 Å². The van der Waals surface area contributed by atoms with E-state index in [2.05, 4.69) is 48.0 Å². The Morgan fingerprint density at radius 3 is 2.37 bits per heavy atom. The van der Waals surface area contributed by atoms with Gasteiger partial charge in [0.2, 0.25) is 5.91 Å². The standard InChI is InChI=1S/C15H22N2OS/c1-11-8-17(9-12(2)19-11)10-14-4-6-15(7-5-14)16-13(3)18/h4-7,11-12H,8-10H2,1-3H3,(H,16,18)/t11-,12+. The van der Waals surface area contributed by atoms with Crippen molar-refractivity contribution < 1.29 is 4.79 Å². The van der Waals surface area contributed by atoms with E-state index in [0.29, 0.717) is 10.5 Å². The first kappa shape index (κ1) is 14.4. The molecule has 1 amide bonds. The minimum Gasteiger partial charge on any atom is -0.326 e. The fraction of sp³-hybridized carbons (Fsp3) is 0.533. The molecule has 1 heterocycles.